The molecule has 10 nitrogen and oxygen atoms in total. The van der Waals surface area contributed by atoms with E-state index in [4.69, 9.17) is 19.1 Å². The molecule has 0 aliphatic carbocycles. The molecule has 0 aliphatic rings. The van der Waals surface area contributed by atoms with Crippen LogP contribution in [0.4, 0.5) is 0 Å². The average molecular weight is 474 g/mol. The van der Waals surface area contributed by atoms with Crippen molar-refractivity contribution in [2.24, 2.45) is 0 Å². The third-order valence-electron chi connectivity index (χ3n) is 5.51. The molecule has 1 aromatic carbocycles. The van der Waals surface area contributed by atoms with E-state index >= 15 is 0 Å². The number of aromatic nitrogens is 7. The van der Waals surface area contributed by atoms with Gasteiger partial charge in [0.25, 0.3) is 0 Å². The van der Waals surface area contributed by atoms with Gasteiger partial charge in [0.05, 0.1) is 12.7 Å². The van der Waals surface area contributed by atoms with E-state index in [1.807, 2.05) is 37.4 Å². The van der Waals surface area contributed by atoms with Crippen molar-refractivity contribution in [3.63, 3.8) is 0 Å². The fourth-order valence-electron chi connectivity index (χ4n) is 3.73. The molecule has 10 heteroatoms. The molecular formula is C25H27N7O3. The van der Waals surface area contributed by atoms with Crippen LogP contribution in [0.15, 0.2) is 59.4 Å². The fraction of sp³-hybridized carbons (Fsp3) is 0.320. The molecule has 0 saturated carbocycles. The first-order valence-corrected chi connectivity index (χ1v) is 11.5. The molecule has 4 aromatic heterocycles. The van der Waals surface area contributed by atoms with Crippen LogP contribution in [0.1, 0.15) is 44.6 Å². The lowest BCUT2D eigenvalue weighted by Gasteiger charge is -2.22. The first-order chi connectivity index (χ1) is 16.9. The zero-order valence-corrected chi connectivity index (χ0v) is 20.2. The van der Waals surface area contributed by atoms with Crippen molar-refractivity contribution in [3.8, 4) is 23.3 Å². The van der Waals surface area contributed by atoms with Gasteiger partial charge in [0, 0.05) is 24.5 Å². The van der Waals surface area contributed by atoms with Crippen molar-refractivity contribution in [2.45, 2.75) is 46.3 Å². The summed E-state index contributed by atoms with van der Waals surface area (Å²) in [5.41, 5.74) is 2.94. The molecule has 0 bridgehead atoms. The number of hydrogen-bond donors (Lipinski definition) is 0. The summed E-state index contributed by atoms with van der Waals surface area (Å²) < 4.78 is 20.5. The van der Waals surface area contributed by atoms with Gasteiger partial charge >= 0.3 is 5.95 Å². The van der Waals surface area contributed by atoms with Gasteiger partial charge in [0.15, 0.2) is 11.3 Å². The van der Waals surface area contributed by atoms with E-state index in [1.54, 1.807) is 16.8 Å². The molecule has 4 heterocycles. The Bertz CT molecular complexity index is 1430. The van der Waals surface area contributed by atoms with Gasteiger partial charge < -0.3 is 18.6 Å². The third kappa shape index (κ3) is 4.72. The lowest BCUT2D eigenvalue weighted by atomic mass is 9.88. The zero-order chi connectivity index (χ0) is 24.4. The summed E-state index contributed by atoms with van der Waals surface area (Å²) in [6.07, 6.45) is 3.73. The molecule has 180 valence electrons. The highest BCUT2D eigenvalue weighted by Crippen LogP contribution is 2.32. The zero-order valence-electron chi connectivity index (χ0n) is 20.2. The molecule has 35 heavy (non-hydrogen) atoms. The summed E-state index contributed by atoms with van der Waals surface area (Å²) >= 11 is 0. The molecule has 0 spiro atoms. The fourth-order valence-corrected chi connectivity index (χ4v) is 3.73. The van der Waals surface area contributed by atoms with E-state index < -0.39 is 0 Å². The summed E-state index contributed by atoms with van der Waals surface area (Å²) in [6, 6.07) is 13.9. The van der Waals surface area contributed by atoms with Crippen molar-refractivity contribution in [3.05, 3.63) is 71.8 Å². The number of nitrogens with zero attached hydrogens (tertiary/aromatic N) is 7. The number of rotatable bonds is 8. The quantitative estimate of drug-likeness (QED) is 0.328. The van der Waals surface area contributed by atoms with Crippen LogP contribution in [-0.2, 0) is 18.6 Å². The lowest BCUT2D eigenvalue weighted by molar-refractivity contribution is 0.226. The number of imidazole rings is 1. The smallest absolute Gasteiger partial charge is 0.311 e. The Hall–Kier alpha value is -4.21. The van der Waals surface area contributed by atoms with Gasteiger partial charge in [-0.3, -0.25) is 0 Å². The predicted octanol–water partition coefficient (Wildman–Crippen LogP) is 4.30. The topological polar surface area (TPSA) is 105 Å². The Balaban J connectivity index is 1.46. The number of ether oxygens (including phenoxy) is 2. The third-order valence-corrected chi connectivity index (χ3v) is 5.51. The van der Waals surface area contributed by atoms with Crippen molar-refractivity contribution in [2.75, 3.05) is 6.61 Å². The van der Waals surface area contributed by atoms with Gasteiger partial charge in [0.1, 0.15) is 12.4 Å². The maximum absolute atomic E-state index is 6.26. The predicted molar refractivity (Wildman–Crippen MR) is 128 cm³/mol. The second-order valence-electron chi connectivity index (χ2n) is 9.12. The molecule has 0 N–H and O–H groups in total. The van der Waals surface area contributed by atoms with E-state index in [0.717, 1.165) is 11.4 Å². The number of hydrogen-bond acceptors (Lipinski definition) is 8. The molecular weight excluding hydrogens is 446 g/mol. The SMILES string of the molecule is CCOc1cc(-c2nnc3cc(C(C)(C)C)c(OCc4nccn4Cc4ccccc4)nn23)no1. The van der Waals surface area contributed by atoms with Crippen LogP contribution >= 0.6 is 0 Å². The van der Waals surface area contributed by atoms with Gasteiger partial charge in [-0.2, -0.15) is 4.52 Å². The van der Waals surface area contributed by atoms with Crippen molar-refractivity contribution < 1.29 is 14.0 Å². The van der Waals surface area contributed by atoms with Crippen molar-refractivity contribution >= 4 is 5.65 Å². The molecule has 0 fully saturated rings. The molecule has 5 aromatic rings. The van der Waals surface area contributed by atoms with E-state index in [-0.39, 0.29) is 12.0 Å². The average Bonchev–Trinajstić information content (AvgIpc) is 3.57. The summed E-state index contributed by atoms with van der Waals surface area (Å²) in [6.45, 7) is 9.63. The molecule has 0 amide bonds. The number of benzene rings is 1. The monoisotopic (exact) mass is 473 g/mol. The molecule has 0 atom stereocenters. The van der Waals surface area contributed by atoms with Gasteiger partial charge in [-0.25, -0.2) is 4.98 Å². The standard InChI is InChI=1S/C25H27N7O3/c1-5-33-22-14-19(30-35-22)23-28-27-20-13-18(25(2,3)4)24(29-32(20)23)34-16-21-26-11-12-31(21)15-17-9-7-6-8-10-17/h6-14H,5,15-16H2,1-4H3. The largest absolute Gasteiger partial charge is 0.468 e. The Labute approximate surface area is 202 Å². The van der Waals surface area contributed by atoms with Gasteiger partial charge in [-0.1, -0.05) is 56.3 Å². The van der Waals surface area contributed by atoms with Crippen LogP contribution in [0.3, 0.4) is 0 Å². The Kier molecular flexibility index (Phi) is 5.94. The van der Waals surface area contributed by atoms with Crippen molar-refractivity contribution in [1.29, 1.82) is 0 Å². The summed E-state index contributed by atoms with van der Waals surface area (Å²) in [4.78, 5) is 4.50. The maximum Gasteiger partial charge on any atom is 0.311 e. The highest BCUT2D eigenvalue weighted by atomic mass is 16.6. The minimum absolute atomic E-state index is 0.230. The second kappa shape index (κ2) is 9.21. The van der Waals surface area contributed by atoms with Gasteiger partial charge in [-0.05, 0) is 24.0 Å². The minimum Gasteiger partial charge on any atom is -0.468 e. The molecule has 0 unspecified atom stereocenters. The highest BCUT2D eigenvalue weighted by Gasteiger charge is 2.25. The second-order valence-corrected chi connectivity index (χ2v) is 9.12. The van der Waals surface area contributed by atoms with Crippen LogP contribution in [-0.4, -0.2) is 41.1 Å². The van der Waals surface area contributed by atoms with E-state index in [1.165, 1.54) is 5.56 Å². The molecule has 0 saturated heterocycles. The number of fused-ring (bicyclic) bond motifs is 1. The van der Waals surface area contributed by atoms with Crippen LogP contribution in [0.2, 0.25) is 0 Å². The Morgan fingerprint density at radius 2 is 1.86 bits per heavy atom. The maximum atomic E-state index is 6.26. The normalized spacial score (nSPS) is 11.8. The highest BCUT2D eigenvalue weighted by molar-refractivity contribution is 5.56. The van der Waals surface area contributed by atoms with Crippen molar-refractivity contribution in [1.82, 2.24) is 34.5 Å². The van der Waals surface area contributed by atoms with E-state index in [0.29, 0.717) is 42.1 Å². The molecule has 0 aliphatic heterocycles. The van der Waals surface area contributed by atoms with Crippen LogP contribution in [0.5, 0.6) is 11.8 Å². The summed E-state index contributed by atoms with van der Waals surface area (Å²) in [5, 5.41) is 17.4. The lowest BCUT2D eigenvalue weighted by Crippen LogP contribution is -2.17. The van der Waals surface area contributed by atoms with Gasteiger partial charge in [-0.15, -0.1) is 15.3 Å². The van der Waals surface area contributed by atoms with E-state index in [2.05, 4.69) is 57.8 Å². The van der Waals surface area contributed by atoms with Crippen LogP contribution in [0, 0.1) is 0 Å². The summed E-state index contributed by atoms with van der Waals surface area (Å²) in [7, 11) is 0. The molecule has 5 rings (SSSR count). The molecule has 0 radical (unpaired) electrons. The first kappa shape index (κ1) is 22.6. The van der Waals surface area contributed by atoms with E-state index in [9.17, 15) is 0 Å². The minimum atomic E-state index is -0.230. The van der Waals surface area contributed by atoms with Gasteiger partial charge in [0.2, 0.25) is 11.7 Å². The van der Waals surface area contributed by atoms with Crippen LogP contribution < -0.4 is 9.47 Å². The first-order valence-electron chi connectivity index (χ1n) is 11.5. The van der Waals surface area contributed by atoms with Crippen LogP contribution in [0.25, 0.3) is 17.2 Å². The Morgan fingerprint density at radius 3 is 2.63 bits per heavy atom. The Morgan fingerprint density at radius 1 is 1.03 bits per heavy atom. The summed E-state index contributed by atoms with van der Waals surface area (Å²) in [5.74, 6) is 2.03.